The lowest BCUT2D eigenvalue weighted by atomic mass is 10.2. The minimum absolute atomic E-state index is 0.204. The number of halogens is 2. The van der Waals surface area contributed by atoms with E-state index in [0.717, 1.165) is 47.6 Å². The molecule has 0 bridgehead atoms. The number of rotatable bonds is 3. The maximum Gasteiger partial charge on any atom is 0.169 e. The van der Waals surface area contributed by atoms with Crippen molar-refractivity contribution in [3.05, 3.63) is 64.9 Å². The Bertz CT molecular complexity index is 682. The second-order valence-electron chi connectivity index (χ2n) is 5.74. The lowest BCUT2D eigenvalue weighted by Crippen LogP contribution is -2.51. The Morgan fingerprint density at radius 1 is 1.00 bits per heavy atom. The van der Waals surface area contributed by atoms with Crippen molar-refractivity contribution >= 4 is 34.6 Å². The van der Waals surface area contributed by atoms with Crippen LogP contribution in [0.5, 0.6) is 0 Å². The van der Waals surface area contributed by atoms with Crippen LogP contribution in [0.4, 0.5) is 10.1 Å². The number of hydrogen-bond donors (Lipinski definition) is 1. The summed E-state index contributed by atoms with van der Waals surface area (Å²) < 4.78 is 13.0. The van der Waals surface area contributed by atoms with E-state index in [1.165, 1.54) is 12.1 Å². The average molecular weight is 364 g/mol. The van der Waals surface area contributed by atoms with Gasteiger partial charge in [0.1, 0.15) is 5.82 Å². The van der Waals surface area contributed by atoms with Crippen LogP contribution in [0.2, 0.25) is 5.02 Å². The first-order valence-corrected chi connectivity index (χ1v) is 8.68. The maximum absolute atomic E-state index is 13.0. The minimum Gasteiger partial charge on any atom is -0.368 e. The molecule has 2 aromatic rings. The fourth-order valence-corrected chi connectivity index (χ4v) is 3.09. The molecule has 0 atom stereocenters. The predicted octanol–water partition coefficient (Wildman–Crippen LogP) is 3.68. The van der Waals surface area contributed by atoms with Crippen molar-refractivity contribution in [2.45, 2.75) is 6.54 Å². The molecule has 1 fully saturated rings. The van der Waals surface area contributed by atoms with E-state index < -0.39 is 0 Å². The zero-order chi connectivity index (χ0) is 16.9. The van der Waals surface area contributed by atoms with E-state index in [2.05, 4.69) is 15.1 Å². The van der Waals surface area contributed by atoms with Crippen LogP contribution in [0.25, 0.3) is 0 Å². The molecular weight excluding hydrogens is 345 g/mol. The molecule has 1 aliphatic rings. The highest BCUT2D eigenvalue weighted by Crippen LogP contribution is 2.17. The van der Waals surface area contributed by atoms with Gasteiger partial charge < -0.3 is 15.1 Å². The van der Waals surface area contributed by atoms with Gasteiger partial charge in [-0.2, -0.15) is 0 Å². The first-order chi connectivity index (χ1) is 11.6. The van der Waals surface area contributed by atoms with Crippen LogP contribution in [0.15, 0.2) is 48.5 Å². The largest absolute Gasteiger partial charge is 0.368 e. The first-order valence-electron chi connectivity index (χ1n) is 7.89. The van der Waals surface area contributed by atoms with E-state index in [9.17, 15) is 4.39 Å². The zero-order valence-electron chi connectivity index (χ0n) is 13.2. The van der Waals surface area contributed by atoms with Crippen LogP contribution in [0.3, 0.4) is 0 Å². The molecule has 3 rings (SSSR count). The topological polar surface area (TPSA) is 18.5 Å². The third-order valence-corrected chi connectivity index (χ3v) is 4.77. The van der Waals surface area contributed by atoms with E-state index >= 15 is 0 Å². The van der Waals surface area contributed by atoms with Crippen molar-refractivity contribution in [2.24, 2.45) is 0 Å². The van der Waals surface area contributed by atoms with Gasteiger partial charge in [-0.3, -0.25) is 0 Å². The van der Waals surface area contributed by atoms with Gasteiger partial charge in [0.2, 0.25) is 0 Å². The van der Waals surface area contributed by atoms with Crippen LogP contribution in [-0.2, 0) is 6.54 Å². The zero-order valence-corrected chi connectivity index (χ0v) is 14.8. The molecule has 0 spiro atoms. The predicted molar refractivity (Wildman–Crippen MR) is 101 cm³/mol. The second-order valence-corrected chi connectivity index (χ2v) is 6.56. The molecule has 2 aromatic carbocycles. The van der Waals surface area contributed by atoms with E-state index in [-0.39, 0.29) is 5.82 Å². The fraction of sp³-hybridized carbons (Fsp3) is 0.278. The van der Waals surface area contributed by atoms with Gasteiger partial charge in [-0.15, -0.1) is 0 Å². The summed E-state index contributed by atoms with van der Waals surface area (Å²) in [7, 11) is 0. The highest BCUT2D eigenvalue weighted by atomic mass is 35.5. The Balaban J connectivity index is 1.48. The van der Waals surface area contributed by atoms with Crippen molar-refractivity contribution in [2.75, 3.05) is 31.1 Å². The monoisotopic (exact) mass is 363 g/mol. The molecule has 1 heterocycles. The molecule has 126 valence electrons. The van der Waals surface area contributed by atoms with Crippen molar-refractivity contribution in [3.63, 3.8) is 0 Å². The summed E-state index contributed by atoms with van der Waals surface area (Å²) in [6.45, 7) is 4.13. The summed E-state index contributed by atoms with van der Waals surface area (Å²) in [5, 5.41) is 4.80. The Hall–Kier alpha value is -1.85. The molecule has 0 aromatic heterocycles. The number of nitrogens with zero attached hydrogens (tertiary/aromatic N) is 2. The molecule has 1 aliphatic heterocycles. The molecule has 0 unspecified atom stereocenters. The van der Waals surface area contributed by atoms with Crippen LogP contribution < -0.4 is 10.2 Å². The summed E-state index contributed by atoms with van der Waals surface area (Å²) in [4.78, 5) is 4.42. The second kappa shape index (κ2) is 7.81. The van der Waals surface area contributed by atoms with Crippen molar-refractivity contribution < 1.29 is 4.39 Å². The molecule has 0 saturated carbocycles. The van der Waals surface area contributed by atoms with Crippen LogP contribution in [-0.4, -0.2) is 36.2 Å². The van der Waals surface area contributed by atoms with Crippen LogP contribution >= 0.6 is 23.8 Å². The summed E-state index contributed by atoms with van der Waals surface area (Å²) in [6, 6.07) is 14.4. The molecule has 1 N–H and O–H groups in total. The highest BCUT2D eigenvalue weighted by Gasteiger charge is 2.19. The van der Waals surface area contributed by atoms with Crippen LogP contribution in [0.1, 0.15) is 5.56 Å². The van der Waals surface area contributed by atoms with Gasteiger partial charge in [-0.1, -0.05) is 23.7 Å². The SMILES string of the molecule is Fc1ccc(N2CCN(C(=S)NCc3ccc(Cl)cc3)CC2)cc1. The summed E-state index contributed by atoms with van der Waals surface area (Å²) in [5.41, 5.74) is 2.20. The highest BCUT2D eigenvalue weighted by molar-refractivity contribution is 7.80. The lowest BCUT2D eigenvalue weighted by molar-refractivity contribution is 0.380. The fourth-order valence-electron chi connectivity index (χ4n) is 2.71. The smallest absolute Gasteiger partial charge is 0.169 e. The molecule has 1 saturated heterocycles. The van der Waals surface area contributed by atoms with Crippen LogP contribution in [0, 0.1) is 5.82 Å². The minimum atomic E-state index is -0.204. The standard InChI is InChI=1S/C18H19ClFN3S/c19-15-3-1-14(2-4-15)13-21-18(24)23-11-9-22(10-12-23)17-7-5-16(20)6-8-17/h1-8H,9-13H2,(H,21,24). The molecule has 3 nitrogen and oxygen atoms in total. The van der Waals surface area contributed by atoms with Gasteiger partial charge >= 0.3 is 0 Å². The van der Waals surface area contributed by atoms with Gasteiger partial charge in [0.05, 0.1) is 0 Å². The number of anilines is 1. The van der Waals surface area contributed by atoms with E-state index in [1.54, 1.807) is 0 Å². The number of thiocarbonyl (C=S) groups is 1. The molecule has 0 radical (unpaired) electrons. The molecule has 6 heteroatoms. The molecule has 0 aliphatic carbocycles. The van der Waals surface area contributed by atoms with E-state index in [4.69, 9.17) is 23.8 Å². The number of benzene rings is 2. The first kappa shape index (κ1) is 17.0. The molecule has 24 heavy (non-hydrogen) atoms. The van der Waals surface area contributed by atoms with Crippen molar-refractivity contribution in [1.29, 1.82) is 0 Å². The van der Waals surface area contributed by atoms with Gasteiger partial charge in [-0.05, 0) is 54.2 Å². The normalized spacial score (nSPS) is 14.6. The van der Waals surface area contributed by atoms with E-state index in [0.29, 0.717) is 6.54 Å². The number of hydrogen-bond acceptors (Lipinski definition) is 2. The van der Waals surface area contributed by atoms with Gasteiger partial charge in [0.15, 0.2) is 5.11 Å². The average Bonchev–Trinajstić information content (AvgIpc) is 2.62. The summed E-state index contributed by atoms with van der Waals surface area (Å²) >= 11 is 11.4. The Morgan fingerprint density at radius 3 is 2.25 bits per heavy atom. The maximum atomic E-state index is 13.0. The third kappa shape index (κ3) is 4.36. The lowest BCUT2D eigenvalue weighted by Gasteiger charge is -2.37. The van der Waals surface area contributed by atoms with Crippen molar-refractivity contribution in [1.82, 2.24) is 10.2 Å². The van der Waals surface area contributed by atoms with Crippen molar-refractivity contribution in [3.8, 4) is 0 Å². The third-order valence-electron chi connectivity index (χ3n) is 4.12. The molecular formula is C18H19ClFN3S. The number of nitrogens with one attached hydrogen (secondary N) is 1. The van der Waals surface area contributed by atoms with E-state index in [1.807, 2.05) is 36.4 Å². The van der Waals surface area contributed by atoms with Gasteiger partial charge in [-0.25, -0.2) is 4.39 Å². The summed E-state index contributed by atoms with van der Waals surface area (Å²) in [6.07, 6.45) is 0. The van der Waals surface area contributed by atoms with Gasteiger partial charge in [0.25, 0.3) is 0 Å². The Labute approximate surface area is 152 Å². The molecule has 0 amide bonds. The quantitative estimate of drug-likeness (QED) is 0.838. The number of piperazine rings is 1. The van der Waals surface area contributed by atoms with Gasteiger partial charge in [0, 0.05) is 43.4 Å². The summed E-state index contributed by atoms with van der Waals surface area (Å²) in [5.74, 6) is -0.204. The Morgan fingerprint density at radius 2 is 1.62 bits per heavy atom. The Kier molecular flexibility index (Phi) is 5.53.